The maximum Gasteiger partial charge on any atom is 0.315 e. The van der Waals surface area contributed by atoms with Crippen molar-refractivity contribution in [2.45, 2.75) is 95.4 Å². The number of hydrogen-bond donors (Lipinski definition) is 2. The molecule has 6 rings (SSSR count). The van der Waals surface area contributed by atoms with E-state index in [0.717, 1.165) is 43.4 Å². The fourth-order valence-corrected chi connectivity index (χ4v) is 7.08. The smallest absolute Gasteiger partial charge is 0.315 e. The fraction of sp³-hybridized carbons (Fsp3) is 0.720. The molecule has 1 aromatic rings. The molecule has 5 aliphatic carbocycles. The Bertz CT molecular complexity index is 703. The lowest BCUT2D eigenvalue weighted by atomic mass is 9.53. The lowest BCUT2D eigenvalue weighted by molar-refractivity contribution is -0.0142. The van der Waals surface area contributed by atoms with Gasteiger partial charge in [0, 0.05) is 11.6 Å². The first-order valence-electron chi connectivity index (χ1n) is 11.8. The lowest BCUT2D eigenvalue weighted by Gasteiger charge is -2.56. The summed E-state index contributed by atoms with van der Waals surface area (Å²) in [5.74, 6) is 2.59. The standard InChI is InChI=1S/C25H36N2O2/c1-17-4-2-3-5-21(17)16-29-23-8-6-22(7-9-23)26-24(28)27-25-13-18-10-19(14-25)12-20(11-18)15-25/h2-5,18-20,22-23H,6-16H2,1H3,(H2,26,27,28)/t18?,19?,20?,22-,23+,25?. The minimum absolute atomic E-state index is 0.0798. The molecule has 0 saturated heterocycles. The van der Waals surface area contributed by atoms with Crippen LogP contribution in [0, 0.1) is 24.7 Å². The second kappa shape index (κ2) is 7.94. The van der Waals surface area contributed by atoms with Crippen LogP contribution in [0.1, 0.15) is 75.3 Å². The van der Waals surface area contributed by atoms with Gasteiger partial charge in [-0.05, 0) is 100 Å². The summed E-state index contributed by atoms with van der Waals surface area (Å²) in [6, 6.07) is 8.82. The van der Waals surface area contributed by atoms with Crippen molar-refractivity contribution < 1.29 is 9.53 Å². The van der Waals surface area contributed by atoms with Crippen molar-refractivity contribution in [3.63, 3.8) is 0 Å². The number of nitrogens with one attached hydrogen (secondary N) is 2. The normalized spacial score (nSPS) is 38.0. The molecule has 5 saturated carbocycles. The van der Waals surface area contributed by atoms with Gasteiger partial charge in [-0.1, -0.05) is 24.3 Å². The SMILES string of the molecule is Cc1ccccc1CO[C@H]1CC[C@@H](NC(=O)NC23CC4CC(CC(C4)C2)C3)CC1. The molecular weight excluding hydrogens is 360 g/mol. The van der Waals surface area contributed by atoms with Crippen molar-refractivity contribution in [1.82, 2.24) is 10.6 Å². The summed E-state index contributed by atoms with van der Waals surface area (Å²) in [6.07, 6.45) is 12.3. The molecule has 0 radical (unpaired) electrons. The van der Waals surface area contributed by atoms with Gasteiger partial charge in [-0.15, -0.1) is 0 Å². The highest BCUT2D eigenvalue weighted by Crippen LogP contribution is 2.55. The van der Waals surface area contributed by atoms with Crippen molar-refractivity contribution in [1.29, 1.82) is 0 Å². The zero-order chi connectivity index (χ0) is 19.8. The molecule has 5 aliphatic rings. The maximum absolute atomic E-state index is 12.8. The van der Waals surface area contributed by atoms with E-state index in [-0.39, 0.29) is 11.6 Å². The number of benzene rings is 1. The van der Waals surface area contributed by atoms with Gasteiger partial charge in [0.1, 0.15) is 0 Å². The van der Waals surface area contributed by atoms with Crippen molar-refractivity contribution >= 4 is 6.03 Å². The lowest BCUT2D eigenvalue weighted by Crippen LogP contribution is -2.62. The van der Waals surface area contributed by atoms with E-state index in [1.807, 2.05) is 0 Å². The Balaban J connectivity index is 1.06. The second-order valence-corrected chi connectivity index (χ2v) is 10.5. The summed E-state index contributed by atoms with van der Waals surface area (Å²) >= 11 is 0. The molecule has 4 bridgehead atoms. The number of urea groups is 1. The number of aryl methyl sites for hydroxylation is 1. The molecule has 4 nitrogen and oxygen atoms in total. The predicted octanol–water partition coefficient (Wildman–Crippen LogP) is 5.09. The van der Waals surface area contributed by atoms with E-state index in [4.69, 9.17) is 4.74 Å². The Kier molecular flexibility index (Phi) is 5.32. The average molecular weight is 397 g/mol. The zero-order valence-corrected chi connectivity index (χ0v) is 17.8. The van der Waals surface area contributed by atoms with E-state index in [0.29, 0.717) is 18.8 Å². The number of ether oxygens (including phenoxy) is 1. The van der Waals surface area contributed by atoms with E-state index in [1.54, 1.807) is 0 Å². The number of rotatable bonds is 5. The molecule has 0 unspecified atom stereocenters. The quantitative estimate of drug-likeness (QED) is 0.728. The van der Waals surface area contributed by atoms with Gasteiger partial charge in [-0.25, -0.2) is 4.79 Å². The van der Waals surface area contributed by atoms with E-state index in [1.165, 1.54) is 49.7 Å². The van der Waals surface area contributed by atoms with Crippen LogP contribution in [0.25, 0.3) is 0 Å². The van der Waals surface area contributed by atoms with Crippen LogP contribution in [-0.4, -0.2) is 23.7 Å². The molecule has 2 amide bonds. The average Bonchev–Trinajstić information content (AvgIpc) is 2.67. The molecule has 158 valence electrons. The van der Waals surface area contributed by atoms with Crippen molar-refractivity contribution in [3.8, 4) is 0 Å². The number of hydrogen-bond acceptors (Lipinski definition) is 2. The maximum atomic E-state index is 12.8. The second-order valence-electron chi connectivity index (χ2n) is 10.5. The summed E-state index contributed by atoms with van der Waals surface area (Å²) in [5.41, 5.74) is 2.68. The Morgan fingerprint density at radius 1 is 1.00 bits per heavy atom. The van der Waals surface area contributed by atoms with Crippen LogP contribution >= 0.6 is 0 Å². The Hall–Kier alpha value is -1.55. The summed E-state index contributed by atoms with van der Waals surface area (Å²) in [7, 11) is 0. The Morgan fingerprint density at radius 2 is 1.62 bits per heavy atom. The Morgan fingerprint density at radius 3 is 2.24 bits per heavy atom. The topological polar surface area (TPSA) is 50.4 Å². The number of amides is 2. The van der Waals surface area contributed by atoms with Gasteiger partial charge in [-0.2, -0.15) is 0 Å². The molecule has 0 aromatic heterocycles. The van der Waals surface area contributed by atoms with Crippen LogP contribution in [0.3, 0.4) is 0 Å². The van der Waals surface area contributed by atoms with Crippen molar-refractivity contribution in [2.24, 2.45) is 17.8 Å². The first-order valence-corrected chi connectivity index (χ1v) is 11.8. The zero-order valence-electron chi connectivity index (χ0n) is 17.8. The Labute approximate surface area is 175 Å². The third-order valence-corrected chi connectivity index (χ3v) is 8.16. The first-order chi connectivity index (χ1) is 14.1. The molecule has 0 heterocycles. The minimum Gasteiger partial charge on any atom is -0.374 e. The largest absolute Gasteiger partial charge is 0.374 e. The highest BCUT2D eigenvalue weighted by molar-refractivity contribution is 5.75. The van der Waals surface area contributed by atoms with Gasteiger partial charge in [0.2, 0.25) is 0 Å². The highest BCUT2D eigenvalue weighted by Gasteiger charge is 2.51. The minimum atomic E-state index is 0.0798. The van der Waals surface area contributed by atoms with Crippen LogP contribution in [0.4, 0.5) is 4.79 Å². The fourth-order valence-electron chi connectivity index (χ4n) is 7.08. The molecule has 0 spiro atoms. The van der Waals surface area contributed by atoms with Crippen LogP contribution in [-0.2, 0) is 11.3 Å². The van der Waals surface area contributed by atoms with Gasteiger partial charge < -0.3 is 15.4 Å². The molecule has 0 atom stereocenters. The molecule has 2 N–H and O–H groups in total. The summed E-state index contributed by atoms with van der Waals surface area (Å²) < 4.78 is 6.17. The van der Waals surface area contributed by atoms with Gasteiger partial charge in [0.25, 0.3) is 0 Å². The molecule has 29 heavy (non-hydrogen) atoms. The number of carbonyl (C=O) groups excluding carboxylic acids is 1. The summed E-state index contributed by atoms with van der Waals surface area (Å²) in [6.45, 7) is 2.84. The van der Waals surface area contributed by atoms with Crippen LogP contribution in [0.15, 0.2) is 24.3 Å². The molecule has 4 heteroatoms. The van der Waals surface area contributed by atoms with Crippen molar-refractivity contribution in [2.75, 3.05) is 0 Å². The van der Waals surface area contributed by atoms with Gasteiger partial charge in [0.15, 0.2) is 0 Å². The molecule has 0 aliphatic heterocycles. The molecule has 5 fully saturated rings. The van der Waals surface area contributed by atoms with Crippen LogP contribution < -0.4 is 10.6 Å². The molecule has 1 aromatic carbocycles. The third-order valence-electron chi connectivity index (χ3n) is 8.16. The van der Waals surface area contributed by atoms with E-state index in [2.05, 4.69) is 41.8 Å². The third kappa shape index (κ3) is 4.33. The van der Waals surface area contributed by atoms with Gasteiger partial charge >= 0.3 is 6.03 Å². The van der Waals surface area contributed by atoms with E-state index >= 15 is 0 Å². The molecular formula is C25H36N2O2. The van der Waals surface area contributed by atoms with Gasteiger partial charge in [-0.3, -0.25) is 0 Å². The van der Waals surface area contributed by atoms with Crippen LogP contribution in [0.2, 0.25) is 0 Å². The predicted molar refractivity (Wildman–Crippen MR) is 115 cm³/mol. The first kappa shape index (κ1) is 19.4. The van der Waals surface area contributed by atoms with Crippen LogP contribution in [0.5, 0.6) is 0 Å². The van der Waals surface area contributed by atoms with Gasteiger partial charge in [0.05, 0.1) is 12.7 Å². The van der Waals surface area contributed by atoms with Crippen molar-refractivity contribution in [3.05, 3.63) is 35.4 Å². The summed E-state index contributed by atoms with van der Waals surface area (Å²) in [5, 5.41) is 6.75. The number of carbonyl (C=O) groups is 1. The summed E-state index contributed by atoms with van der Waals surface area (Å²) in [4.78, 5) is 12.8. The van der Waals surface area contributed by atoms with E-state index < -0.39 is 0 Å². The van der Waals surface area contributed by atoms with E-state index in [9.17, 15) is 4.79 Å². The monoisotopic (exact) mass is 396 g/mol. The highest BCUT2D eigenvalue weighted by atomic mass is 16.5.